The number of ether oxygens (including phenoxy) is 1. The fourth-order valence-corrected chi connectivity index (χ4v) is 3.36. The maximum atomic E-state index is 12.7. The summed E-state index contributed by atoms with van der Waals surface area (Å²) in [6.07, 6.45) is 0. The molecule has 0 saturated heterocycles. The first kappa shape index (κ1) is 21.0. The number of carbonyl (C=O) groups is 1. The summed E-state index contributed by atoms with van der Waals surface area (Å²) in [6, 6.07) is 23.9. The SMILES string of the molecule is COc1cccc(CNC(=O)Nc2c(NCc3ccccc3)c3ccccc3oc2=O)c1. The summed E-state index contributed by atoms with van der Waals surface area (Å²) in [7, 11) is 1.59. The van der Waals surface area contributed by atoms with Crippen LogP contribution in [0.25, 0.3) is 11.0 Å². The van der Waals surface area contributed by atoms with Gasteiger partial charge in [0.2, 0.25) is 0 Å². The third-order valence-corrected chi connectivity index (χ3v) is 4.95. The van der Waals surface area contributed by atoms with Crippen LogP contribution in [0.1, 0.15) is 11.1 Å². The Morgan fingerprint density at radius 3 is 2.44 bits per heavy atom. The molecule has 4 aromatic rings. The number of anilines is 2. The number of nitrogens with one attached hydrogen (secondary N) is 3. The zero-order chi connectivity index (χ0) is 22.3. The van der Waals surface area contributed by atoms with Crippen molar-refractivity contribution in [2.75, 3.05) is 17.7 Å². The summed E-state index contributed by atoms with van der Waals surface area (Å²) in [5, 5.41) is 9.41. The van der Waals surface area contributed by atoms with Gasteiger partial charge in [-0.15, -0.1) is 0 Å². The van der Waals surface area contributed by atoms with Gasteiger partial charge in [0.1, 0.15) is 11.3 Å². The first-order chi connectivity index (χ1) is 15.6. The fourth-order valence-electron chi connectivity index (χ4n) is 3.36. The molecule has 0 unspecified atom stereocenters. The molecule has 7 heteroatoms. The number of hydrogen-bond acceptors (Lipinski definition) is 5. The number of hydrogen-bond donors (Lipinski definition) is 3. The van der Waals surface area contributed by atoms with Crippen molar-refractivity contribution in [2.45, 2.75) is 13.1 Å². The second-order valence-electron chi connectivity index (χ2n) is 7.13. The van der Waals surface area contributed by atoms with Crippen molar-refractivity contribution >= 4 is 28.4 Å². The van der Waals surface area contributed by atoms with Gasteiger partial charge in [-0.25, -0.2) is 9.59 Å². The molecule has 1 heterocycles. The highest BCUT2D eigenvalue weighted by Crippen LogP contribution is 2.29. The number of rotatable bonds is 7. The van der Waals surface area contributed by atoms with Crippen LogP contribution in [0.15, 0.2) is 88.1 Å². The van der Waals surface area contributed by atoms with Crippen molar-refractivity contribution in [1.82, 2.24) is 5.32 Å². The number of para-hydroxylation sites is 1. The molecule has 0 bridgehead atoms. The van der Waals surface area contributed by atoms with Crippen LogP contribution in [0, 0.1) is 0 Å². The summed E-state index contributed by atoms with van der Waals surface area (Å²) in [6.45, 7) is 0.753. The molecule has 0 saturated carbocycles. The Hall–Kier alpha value is -4.26. The molecule has 0 spiro atoms. The molecule has 4 rings (SSSR count). The third-order valence-electron chi connectivity index (χ3n) is 4.95. The molecule has 0 aliphatic rings. The van der Waals surface area contributed by atoms with E-state index in [9.17, 15) is 9.59 Å². The van der Waals surface area contributed by atoms with Crippen LogP contribution in [0.2, 0.25) is 0 Å². The highest BCUT2D eigenvalue weighted by molar-refractivity contribution is 6.01. The minimum absolute atomic E-state index is 0.0581. The lowest BCUT2D eigenvalue weighted by molar-refractivity contribution is 0.251. The summed E-state index contributed by atoms with van der Waals surface area (Å²) in [5.41, 5.74) is 2.29. The topological polar surface area (TPSA) is 92.6 Å². The van der Waals surface area contributed by atoms with Gasteiger partial charge in [-0.1, -0.05) is 54.6 Å². The average molecular weight is 429 g/mol. The Bertz CT molecular complexity index is 1290. The number of benzene rings is 3. The van der Waals surface area contributed by atoms with Crippen molar-refractivity contribution in [2.24, 2.45) is 0 Å². The molecule has 32 heavy (non-hydrogen) atoms. The molecule has 3 N–H and O–H groups in total. The van der Waals surface area contributed by atoms with Crippen molar-refractivity contribution < 1.29 is 13.9 Å². The van der Waals surface area contributed by atoms with Crippen LogP contribution in [0.3, 0.4) is 0 Å². The fraction of sp³-hybridized carbons (Fsp3) is 0.120. The van der Waals surface area contributed by atoms with E-state index in [0.29, 0.717) is 29.0 Å². The van der Waals surface area contributed by atoms with Crippen LogP contribution in [0.5, 0.6) is 5.75 Å². The van der Waals surface area contributed by atoms with Crippen molar-refractivity contribution in [3.63, 3.8) is 0 Å². The van der Waals surface area contributed by atoms with Gasteiger partial charge in [-0.2, -0.15) is 0 Å². The Labute approximate surface area is 185 Å². The molecular weight excluding hydrogens is 406 g/mol. The molecule has 1 aromatic heterocycles. The van der Waals surface area contributed by atoms with Gasteiger partial charge in [0.05, 0.1) is 12.8 Å². The third kappa shape index (κ3) is 4.89. The maximum absolute atomic E-state index is 12.7. The smallest absolute Gasteiger partial charge is 0.362 e. The van der Waals surface area contributed by atoms with Gasteiger partial charge >= 0.3 is 11.7 Å². The molecule has 0 radical (unpaired) electrons. The molecule has 0 aliphatic heterocycles. The minimum atomic E-state index is -0.629. The van der Waals surface area contributed by atoms with Crippen molar-refractivity contribution in [3.05, 3.63) is 100 Å². The quantitative estimate of drug-likeness (QED) is 0.369. The molecular formula is C25H23N3O4. The van der Waals surface area contributed by atoms with Crippen LogP contribution in [-0.4, -0.2) is 13.1 Å². The number of fused-ring (bicyclic) bond motifs is 1. The van der Waals surface area contributed by atoms with Gasteiger partial charge in [0.15, 0.2) is 5.69 Å². The van der Waals surface area contributed by atoms with Crippen LogP contribution < -0.4 is 26.3 Å². The number of carbonyl (C=O) groups excluding carboxylic acids is 1. The normalized spacial score (nSPS) is 10.5. The van der Waals surface area contributed by atoms with E-state index in [1.165, 1.54) is 0 Å². The summed E-state index contributed by atoms with van der Waals surface area (Å²) in [5.74, 6) is 0.701. The first-order valence-electron chi connectivity index (χ1n) is 10.2. The standard InChI is InChI=1S/C25H23N3O4/c1-31-19-11-7-10-18(14-19)16-27-25(30)28-23-22(26-15-17-8-3-2-4-9-17)20-12-5-6-13-21(20)32-24(23)29/h2-14,26H,15-16H2,1H3,(H2,27,28,30). The van der Waals surface area contributed by atoms with Crippen LogP contribution in [-0.2, 0) is 13.1 Å². The van der Waals surface area contributed by atoms with Crippen molar-refractivity contribution in [1.29, 1.82) is 0 Å². The van der Waals surface area contributed by atoms with E-state index in [1.807, 2.05) is 66.7 Å². The van der Waals surface area contributed by atoms with E-state index in [-0.39, 0.29) is 12.2 Å². The highest BCUT2D eigenvalue weighted by atomic mass is 16.5. The van der Waals surface area contributed by atoms with E-state index in [4.69, 9.17) is 9.15 Å². The molecule has 0 atom stereocenters. The second kappa shape index (κ2) is 9.70. The van der Waals surface area contributed by atoms with Gasteiger partial charge in [-0.3, -0.25) is 5.32 Å². The van der Waals surface area contributed by atoms with Gasteiger partial charge in [-0.05, 0) is 35.4 Å². The Kier molecular flexibility index (Phi) is 6.36. The van der Waals surface area contributed by atoms with Crippen LogP contribution in [0.4, 0.5) is 16.2 Å². The average Bonchev–Trinajstić information content (AvgIpc) is 2.83. The molecule has 0 aliphatic carbocycles. The first-order valence-corrected chi connectivity index (χ1v) is 10.2. The van der Waals surface area contributed by atoms with E-state index in [1.54, 1.807) is 19.2 Å². The van der Waals surface area contributed by atoms with E-state index in [0.717, 1.165) is 11.1 Å². The van der Waals surface area contributed by atoms with E-state index >= 15 is 0 Å². The van der Waals surface area contributed by atoms with Gasteiger partial charge in [0, 0.05) is 18.5 Å². The largest absolute Gasteiger partial charge is 0.497 e. The predicted molar refractivity (Wildman–Crippen MR) is 125 cm³/mol. The van der Waals surface area contributed by atoms with E-state index in [2.05, 4.69) is 16.0 Å². The zero-order valence-corrected chi connectivity index (χ0v) is 17.6. The predicted octanol–water partition coefficient (Wildman–Crippen LogP) is 4.74. The highest BCUT2D eigenvalue weighted by Gasteiger charge is 2.17. The van der Waals surface area contributed by atoms with Gasteiger partial charge < -0.3 is 19.8 Å². The molecule has 3 aromatic carbocycles. The van der Waals surface area contributed by atoms with E-state index < -0.39 is 11.7 Å². The monoisotopic (exact) mass is 429 g/mol. The van der Waals surface area contributed by atoms with Crippen molar-refractivity contribution in [3.8, 4) is 5.75 Å². The lowest BCUT2D eigenvalue weighted by Gasteiger charge is -2.15. The Morgan fingerprint density at radius 2 is 1.62 bits per heavy atom. The summed E-state index contributed by atoms with van der Waals surface area (Å²) < 4.78 is 10.6. The summed E-state index contributed by atoms with van der Waals surface area (Å²) in [4.78, 5) is 25.3. The Morgan fingerprint density at radius 1 is 0.875 bits per heavy atom. The lowest BCUT2D eigenvalue weighted by atomic mass is 10.1. The molecule has 0 fully saturated rings. The number of amides is 2. The molecule has 2 amide bonds. The second-order valence-corrected chi connectivity index (χ2v) is 7.13. The van der Waals surface area contributed by atoms with Gasteiger partial charge in [0.25, 0.3) is 0 Å². The maximum Gasteiger partial charge on any atom is 0.362 e. The van der Waals surface area contributed by atoms with Crippen LogP contribution >= 0.6 is 0 Å². The number of methoxy groups -OCH3 is 1. The zero-order valence-electron chi connectivity index (χ0n) is 17.6. The summed E-state index contributed by atoms with van der Waals surface area (Å²) >= 11 is 0. The lowest BCUT2D eigenvalue weighted by Crippen LogP contribution is -2.30. The minimum Gasteiger partial charge on any atom is -0.497 e. The molecule has 162 valence electrons. The molecule has 7 nitrogen and oxygen atoms in total. The number of urea groups is 1. The Balaban J connectivity index is 1.57.